The van der Waals surface area contributed by atoms with Crippen LogP contribution < -0.4 is 5.73 Å². The van der Waals surface area contributed by atoms with E-state index >= 15 is 0 Å². The molecule has 1 heterocycles. The molecule has 1 aromatic carbocycles. The van der Waals surface area contributed by atoms with Crippen molar-refractivity contribution in [3.8, 4) is 10.4 Å². The number of para-hydroxylation sites is 1. The summed E-state index contributed by atoms with van der Waals surface area (Å²) >= 11 is 0.950. The summed E-state index contributed by atoms with van der Waals surface area (Å²) in [4.78, 5) is 22.1. The molecule has 0 atom stereocenters. The summed E-state index contributed by atoms with van der Waals surface area (Å²) in [7, 11) is 0. The molecule has 98 valence electrons. The molecular formula is C12H10N2O4S. The van der Waals surface area contributed by atoms with Crippen LogP contribution in [0.15, 0.2) is 24.3 Å². The molecular weight excluding hydrogens is 268 g/mol. The molecule has 0 amide bonds. The number of carbonyl (C=O) groups is 1. The van der Waals surface area contributed by atoms with Crippen LogP contribution in [0.4, 0.5) is 11.4 Å². The first-order valence-corrected chi connectivity index (χ1v) is 6.11. The average Bonchev–Trinajstić information content (AvgIpc) is 2.66. The van der Waals surface area contributed by atoms with Gasteiger partial charge in [-0.15, -0.1) is 11.3 Å². The highest BCUT2D eigenvalue weighted by molar-refractivity contribution is 7.18. The summed E-state index contributed by atoms with van der Waals surface area (Å²) in [6.45, 7) is 1.66. The quantitative estimate of drug-likeness (QED) is 0.663. The number of thiophene rings is 1. The summed E-state index contributed by atoms with van der Waals surface area (Å²) in [5.74, 6) is -1.13. The van der Waals surface area contributed by atoms with E-state index in [4.69, 9.17) is 10.8 Å². The number of aromatic carboxylic acids is 1. The Morgan fingerprint density at radius 2 is 2.05 bits per heavy atom. The molecule has 0 fully saturated rings. The molecule has 0 spiro atoms. The first kappa shape index (κ1) is 13.0. The number of nitrogens with two attached hydrogens (primary N) is 1. The lowest BCUT2D eigenvalue weighted by atomic mass is 10.1. The molecule has 2 rings (SSSR count). The third-order valence-electron chi connectivity index (χ3n) is 2.73. The monoisotopic (exact) mass is 278 g/mol. The molecule has 0 radical (unpaired) electrons. The van der Waals surface area contributed by atoms with Crippen LogP contribution in [0.2, 0.25) is 0 Å². The summed E-state index contributed by atoms with van der Waals surface area (Å²) < 4.78 is 0. The number of carboxylic acid groups (broad SMARTS) is 1. The molecule has 0 saturated carbocycles. The number of carboxylic acids is 1. The van der Waals surface area contributed by atoms with Crippen LogP contribution in [-0.4, -0.2) is 16.0 Å². The molecule has 6 nitrogen and oxygen atoms in total. The van der Waals surface area contributed by atoms with Crippen LogP contribution in [0.5, 0.6) is 0 Å². The normalized spacial score (nSPS) is 10.4. The molecule has 1 aromatic heterocycles. The van der Waals surface area contributed by atoms with E-state index in [9.17, 15) is 14.9 Å². The topological polar surface area (TPSA) is 106 Å². The zero-order valence-corrected chi connectivity index (χ0v) is 10.7. The Balaban J connectivity index is 2.70. The zero-order chi connectivity index (χ0) is 14.2. The minimum atomic E-state index is -1.13. The fourth-order valence-corrected chi connectivity index (χ4v) is 2.87. The van der Waals surface area contributed by atoms with E-state index in [1.807, 2.05) is 0 Å². The van der Waals surface area contributed by atoms with Gasteiger partial charge in [0.25, 0.3) is 5.69 Å². The second-order valence-corrected chi connectivity index (χ2v) is 4.90. The molecule has 3 N–H and O–H groups in total. The van der Waals surface area contributed by atoms with Gasteiger partial charge >= 0.3 is 5.97 Å². The van der Waals surface area contributed by atoms with Gasteiger partial charge in [0, 0.05) is 10.9 Å². The maximum absolute atomic E-state index is 11.0. The molecule has 7 heteroatoms. The molecule has 0 unspecified atom stereocenters. The number of nitro benzene ring substituents is 1. The van der Waals surface area contributed by atoms with E-state index in [1.165, 1.54) is 6.07 Å². The first-order chi connectivity index (χ1) is 8.93. The lowest BCUT2D eigenvalue weighted by Crippen LogP contribution is -1.97. The SMILES string of the molecule is Cc1c(-c2ccccc2[N+](=O)[O-])sc(C(=O)O)c1N. The number of nitro groups is 1. The van der Waals surface area contributed by atoms with Gasteiger partial charge in [-0.25, -0.2) is 4.79 Å². The Hall–Kier alpha value is -2.41. The Morgan fingerprint density at radius 3 is 2.58 bits per heavy atom. The minimum Gasteiger partial charge on any atom is -0.477 e. The van der Waals surface area contributed by atoms with E-state index in [1.54, 1.807) is 25.1 Å². The number of benzene rings is 1. The van der Waals surface area contributed by atoms with E-state index in [2.05, 4.69) is 0 Å². The summed E-state index contributed by atoms with van der Waals surface area (Å²) in [6.07, 6.45) is 0. The van der Waals surface area contributed by atoms with Gasteiger partial charge in [0.15, 0.2) is 0 Å². The second kappa shape index (κ2) is 4.69. The third-order valence-corrected chi connectivity index (χ3v) is 4.06. The van der Waals surface area contributed by atoms with Crippen molar-refractivity contribution in [2.24, 2.45) is 0 Å². The van der Waals surface area contributed by atoms with Crippen molar-refractivity contribution < 1.29 is 14.8 Å². The lowest BCUT2D eigenvalue weighted by Gasteiger charge is -2.01. The average molecular weight is 278 g/mol. The highest BCUT2D eigenvalue weighted by Gasteiger charge is 2.23. The first-order valence-electron chi connectivity index (χ1n) is 5.29. The number of nitrogens with zero attached hydrogens (tertiary/aromatic N) is 1. The summed E-state index contributed by atoms with van der Waals surface area (Å²) in [5.41, 5.74) is 6.76. The van der Waals surface area contributed by atoms with Gasteiger partial charge in [0.05, 0.1) is 16.2 Å². The maximum Gasteiger partial charge on any atom is 0.348 e. The Labute approximate surface area is 112 Å². The zero-order valence-electron chi connectivity index (χ0n) is 9.91. The van der Waals surface area contributed by atoms with Crippen molar-refractivity contribution >= 4 is 28.7 Å². The highest BCUT2D eigenvalue weighted by Crippen LogP contribution is 2.41. The lowest BCUT2D eigenvalue weighted by molar-refractivity contribution is -0.384. The molecule has 0 aliphatic heterocycles. The van der Waals surface area contributed by atoms with E-state index in [-0.39, 0.29) is 16.3 Å². The second-order valence-electron chi connectivity index (χ2n) is 3.88. The molecule has 0 bridgehead atoms. The van der Waals surface area contributed by atoms with Crippen molar-refractivity contribution in [3.63, 3.8) is 0 Å². The Morgan fingerprint density at radius 1 is 1.42 bits per heavy atom. The van der Waals surface area contributed by atoms with E-state index < -0.39 is 10.9 Å². The van der Waals surface area contributed by atoms with Crippen LogP contribution in [0.1, 0.15) is 15.2 Å². The fraction of sp³-hybridized carbons (Fsp3) is 0.0833. The predicted molar refractivity (Wildman–Crippen MR) is 72.5 cm³/mol. The standard InChI is InChI=1S/C12H10N2O4S/c1-6-9(13)11(12(15)16)19-10(6)7-4-2-3-5-8(7)14(17)18/h2-5H,13H2,1H3,(H,15,16). The summed E-state index contributed by atoms with van der Waals surface area (Å²) in [5, 5.41) is 20.0. The molecule has 2 aromatic rings. The van der Waals surface area contributed by atoms with E-state index in [0.717, 1.165) is 11.3 Å². The summed E-state index contributed by atoms with van der Waals surface area (Å²) in [6, 6.07) is 6.19. The van der Waals surface area contributed by atoms with Gasteiger partial charge in [-0.3, -0.25) is 10.1 Å². The third kappa shape index (κ3) is 2.15. The molecule has 0 aliphatic carbocycles. The van der Waals surface area contributed by atoms with Gasteiger partial charge in [0.1, 0.15) is 4.88 Å². The van der Waals surface area contributed by atoms with Gasteiger partial charge < -0.3 is 10.8 Å². The maximum atomic E-state index is 11.0. The van der Waals surface area contributed by atoms with Crippen molar-refractivity contribution in [2.45, 2.75) is 6.92 Å². The fourth-order valence-electron chi connectivity index (χ4n) is 1.77. The van der Waals surface area contributed by atoms with Crippen molar-refractivity contribution in [3.05, 3.63) is 44.8 Å². The highest BCUT2D eigenvalue weighted by atomic mass is 32.1. The van der Waals surface area contributed by atoms with Crippen LogP contribution in [-0.2, 0) is 0 Å². The minimum absolute atomic E-state index is 0.00523. The van der Waals surface area contributed by atoms with E-state index in [0.29, 0.717) is 16.0 Å². The van der Waals surface area contributed by atoms with Gasteiger partial charge in [-0.1, -0.05) is 12.1 Å². The number of anilines is 1. The number of rotatable bonds is 3. The van der Waals surface area contributed by atoms with Crippen LogP contribution in [0.25, 0.3) is 10.4 Å². The van der Waals surface area contributed by atoms with Gasteiger partial charge in [-0.2, -0.15) is 0 Å². The molecule has 19 heavy (non-hydrogen) atoms. The van der Waals surface area contributed by atoms with Crippen LogP contribution >= 0.6 is 11.3 Å². The van der Waals surface area contributed by atoms with Crippen LogP contribution in [0.3, 0.4) is 0 Å². The van der Waals surface area contributed by atoms with Gasteiger partial charge in [0.2, 0.25) is 0 Å². The Bertz CT molecular complexity index is 678. The smallest absolute Gasteiger partial charge is 0.348 e. The Kier molecular flexibility index (Phi) is 3.22. The largest absolute Gasteiger partial charge is 0.477 e. The number of nitrogen functional groups attached to an aromatic ring is 1. The number of hydrogen-bond acceptors (Lipinski definition) is 5. The van der Waals surface area contributed by atoms with Crippen molar-refractivity contribution in [1.29, 1.82) is 0 Å². The van der Waals surface area contributed by atoms with Crippen LogP contribution in [0, 0.1) is 17.0 Å². The molecule has 0 saturated heterocycles. The predicted octanol–water partition coefficient (Wildman–Crippen LogP) is 2.91. The van der Waals surface area contributed by atoms with Crippen molar-refractivity contribution in [2.75, 3.05) is 5.73 Å². The molecule has 0 aliphatic rings. The van der Waals surface area contributed by atoms with Crippen molar-refractivity contribution in [1.82, 2.24) is 0 Å². The number of hydrogen-bond donors (Lipinski definition) is 2. The van der Waals surface area contributed by atoms with Gasteiger partial charge in [-0.05, 0) is 18.6 Å².